The van der Waals surface area contributed by atoms with Crippen LogP contribution in [0.15, 0.2) is 27.7 Å². The SMILES string of the molecule is CC(C)n1cc(Cl)cc1C(=O)Nc1ncc(Br)nc1Br. The minimum atomic E-state index is -0.289. The van der Waals surface area contributed by atoms with Crippen LogP contribution >= 0.6 is 43.5 Å². The number of nitrogens with one attached hydrogen (secondary N) is 1. The van der Waals surface area contributed by atoms with Crippen molar-refractivity contribution in [3.05, 3.63) is 38.4 Å². The van der Waals surface area contributed by atoms with Crippen LogP contribution < -0.4 is 5.32 Å². The average Bonchev–Trinajstić information content (AvgIpc) is 2.75. The molecule has 0 aliphatic heterocycles. The molecule has 0 fully saturated rings. The van der Waals surface area contributed by atoms with E-state index in [1.165, 1.54) is 6.20 Å². The van der Waals surface area contributed by atoms with Gasteiger partial charge in [0, 0.05) is 12.2 Å². The van der Waals surface area contributed by atoms with Gasteiger partial charge in [-0.05, 0) is 51.8 Å². The maximum atomic E-state index is 12.3. The van der Waals surface area contributed by atoms with E-state index in [2.05, 4.69) is 47.1 Å². The maximum absolute atomic E-state index is 12.3. The standard InChI is InChI=1S/C12H11Br2ClN4O/c1-6(2)19-5-7(15)3-8(19)12(20)18-11-10(14)17-9(13)4-16-11/h3-6H,1-2H3,(H,16,18,20). The van der Waals surface area contributed by atoms with Crippen LogP contribution in [0, 0.1) is 0 Å². The number of amides is 1. The number of hydrogen-bond acceptors (Lipinski definition) is 3. The summed E-state index contributed by atoms with van der Waals surface area (Å²) in [6.07, 6.45) is 3.23. The number of anilines is 1. The maximum Gasteiger partial charge on any atom is 0.273 e. The molecule has 0 unspecified atom stereocenters. The molecule has 0 aromatic carbocycles. The van der Waals surface area contributed by atoms with Crippen LogP contribution in [0.2, 0.25) is 5.02 Å². The van der Waals surface area contributed by atoms with Crippen molar-refractivity contribution in [2.75, 3.05) is 5.32 Å². The van der Waals surface area contributed by atoms with Crippen molar-refractivity contribution in [3.63, 3.8) is 0 Å². The highest BCUT2D eigenvalue weighted by Gasteiger charge is 2.17. The number of aromatic nitrogens is 3. The number of hydrogen-bond donors (Lipinski definition) is 1. The Bertz CT molecular complexity index is 657. The fourth-order valence-corrected chi connectivity index (χ4v) is 2.78. The van der Waals surface area contributed by atoms with E-state index in [-0.39, 0.29) is 11.9 Å². The van der Waals surface area contributed by atoms with Crippen LogP contribution in [-0.4, -0.2) is 20.4 Å². The van der Waals surface area contributed by atoms with Crippen molar-refractivity contribution >= 4 is 55.2 Å². The summed E-state index contributed by atoms with van der Waals surface area (Å²) in [5.41, 5.74) is 0.474. The summed E-state index contributed by atoms with van der Waals surface area (Å²) >= 11 is 12.4. The summed E-state index contributed by atoms with van der Waals surface area (Å²) in [7, 11) is 0. The van der Waals surface area contributed by atoms with E-state index in [4.69, 9.17) is 11.6 Å². The molecule has 0 radical (unpaired) electrons. The van der Waals surface area contributed by atoms with E-state index in [0.717, 1.165) is 0 Å². The number of nitrogens with zero attached hydrogens (tertiary/aromatic N) is 3. The van der Waals surface area contributed by atoms with E-state index in [9.17, 15) is 4.79 Å². The average molecular weight is 423 g/mol. The molecule has 2 rings (SSSR count). The Hall–Kier alpha value is -0.920. The van der Waals surface area contributed by atoms with Gasteiger partial charge >= 0.3 is 0 Å². The lowest BCUT2D eigenvalue weighted by molar-refractivity contribution is 0.101. The third-order valence-electron chi connectivity index (χ3n) is 2.54. The van der Waals surface area contributed by atoms with E-state index in [1.54, 1.807) is 16.8 Å². The lowest BCUT2D eigenvalue weighted by atomic mass is 10.3. The molecule has 0 aliphatic rings. The largest absolute Gasteiger partial charge is 0.339 e. The monoisotopic (exact) mass is 420 g/mol. The molecule has 0 saturated carbocycles. The first kappa shape index (κ1) is 15.5. The van der Waals surface area contributed by atoms with Crippen LogP contribution in [-0.2, 0) is 0 Å². The van der Waals surface area contributed by atoms with E-state index >= 15 is 0 Å². The summed E-state index contributed by atoms with van der Waals surface area (Å²) < 4.78 is 2.84. The molecular weight excluding hydrogens is 411 g/mol. The third kappa shape index (κ3) is 3.39. The van der Waals surface area contributed by atoms with Crippen molar-refractivity contribution in [1.82, 2.24) is 14.5 Å². The van der Waals surface area contributed by atoms with Gasteiger partial charge in [-0.15, -0.1) is 0 Å². The minimum absolute atomic E-state index is 0.127. The highest BCUT2D eigenvalue weighted by atomic mass is 79.9. The Balaban J connectivity index is 2.28. The van der Waals surface area contributed by atoms with Gasteiger partial charge in [-0.1, -0.05) is 11.6 Å². The molecule has 0 atom stereocenters. The lowest BCUT2D eigenvalue weighted by Gasteiger charge is -2.12. The van der Waals surface area contributed by atoms with Crippen molar-refractivity contribution in [2.45, 2.75) is 19.9 Å². The molecule has 1 N–H and O–H groups in total. The Labute approximate surface area is 138 Å². The zero-order chi connectivity index (χ0) is 14.9. The molecule has 1 amide bonds. The van der Waals surface area contributed by atoms with Gasteiger partial charge in [0.2, 0.25) is 0 Å². The van der Waals surface area contributed by atoms with Crippen LogP contribution in [0.1, 0.15) is 30.4 Å². The van der Waals surface area contributed by atoms with Crippen molar-refractivity contribution in [3.8, 4) is 0 Å². The highest BCUT2D eigenvalue weighted by molar-refractivity contribution is 9.11. The first-order chi connectivity index (χ1) is 9.38. The number of carbonyl (C=O) groups excluding carboxylic acids is 1. The Morgan fingerprint density at radius 2 is 2.15 bits per heavy atom. The molecule has 2 aromatic heterocycles. The molecule has 8 heteroatoms. The van der Waals surface area contributed by atoms with Crippen molar-refractivity contribution in [2.24, 2.45) is 0 Å². The highest BCUT2D eigenvalue weighted by Crippen LogP contribution is 2.22. The summed E-state index contributed by atoms with van der Waals surface area (Å²) in [6, 6.07) is 1.75. The summed E-state index contributed by atoms with van der Waals surface area (Å²) in [4.78, 5) is 20.5. The minimum Gasteiger partial charge on any atom is -0.339 e. The molecule has 0 bridgehead atoms. The molecular formula is C12H11Br2ClN4O. The summed E-state index contributed by atoms with van der Waals surface area (Å²) in [5, 5.41) is 3.22. The molecule has 20 heavy (non-hydrogen) atoms. The molecule has 2 aromatic rings. The van der Waals surface area contributed by atoms with Crippen molar-refractivity contribution < 1.29 is 4.79 Å². The van der Waals surface area contributed by atoms with Gasteiger partial charge in [0.05, 0.1) is 11.2 Å². The van der Waals surface area contributed by atoms with Gasteiger partial charge < -0.3 is 9.88 Å². The van der Waals surface area contributed by atoms with Crippen molar-refractivity contribution in [1.29, 1.82) is 0 Å². The summed E-state index contributed by atoms with van der Waals surface area (Å²) in [5.74, 6) is 0.0637. The van der Waals surface area contributed by atoms with Gasteiger partial charge in [0.1, 0.15) is 14.9 Å². The lowest BCUT2D eigenvalue weighted by Crippen LogP contribution is -2.18. The van der Waals surface area contributed by atoms with Crippen LogP contribution in [0.25, 0.3) is 0 Å². The predicted molar refractivity (Wildman–Crippen MR) is 85.2 cm³/mol. The van der Waals surface area contributed by atoms with Gasteiger partial charge in [-0.2, -0.15) is 0 Å². The topological polar surface area (TPSA) is 59.8 Å². The number of rotatable bonds is 3. The molecule has 106 valence electrons. The van der Waals surface area contributed by atoms with Gasteiger partial charge in [-0.3, -0.25) is 4.79 Å². The van der Waals surface area contributed by atoms with E-state index in [1.807, 2.05) is 13.8 Å². The third-order valence-corrected chi connectivity index (χ3v) is 3.68. The Kier molecular flexibility index (Phi) is 4.82. The summed E-state index contributed by atoms with van der Waals surface area (Å²) in [6.45, 7) is 3.95. The van der Waals surface area contributed by atoms with Crippen LogP contribution in [0.5, 0.6) is 0 Å². The Morgan fingerprint density at radius 1 is 1.45 bits per heavy atom. The second-order valence-electron chi connectivity index (χ2n) is 4.33. The van der Waals surface area contributed by atoms with E-state index in [0.29, 0.717) is 25.7 Å². The zero-order valence-electron chi connectivity index (χ0n) is 10.7. The van der Waals surface area contributed by atoms with Gasteiger partial charge in [0.15, 0.2) is 5.82 Å². The normalized spacial score (nSPS) is 10.9. The second-order valence-corrected chi connectivity index (χ2v) is 6.33. The fraction of sp³-hybridized carbons (Fsp3) is 0.250. The fourth-order valence-electron chi connectivity index (χ4n) is 1.66. The smallest absolute Gasteiger partial charge is 0.273 e. The molecule has 2 heterocycles. The molecule has 0 aliphatic carbocycles. The first-order valence-electron chi connectivity index (χ1n) is 5.75. The Morgan fingerprint density at radius 3 is 2.75 bits per heavy atom. The first-order valence-corrected chi connectivity index (χ1v) is 7.71. The second kappa shape index (κ2) is 6.24. The number of halogens is 3. The quantitative estimate of drug-likeness (QED) is 0.803. The van der Waals surface area contributed by atoms with Gasteiger partial charge in [-0.25, -0.2) is 9.97 Å². The molecule has 0 spiro atoms. The molecule has 0 saturated heterocycles. The van der Waals surface area contributed by atoms with Crippen LogP contribution in [0.4, 0.5) is 5.82 Å². The zero-order valence-corrected chi connectivity index (χ0v) is 14.6. The van der Waals surface area contributed by atoms with E-state index < -0.39 is 0 Å². The van der Waals surface area contributed by atoms with Crippen LogP contribution in [0.3, 0.4) is 0 Å². The molecule has 5 nitrogen and oxygen atoms in total. The predicted octanol–water partition coefficient (Wildman–Crippen LogP) is 4.29. The number of carbonyl (C=O) groups is 1. The van der Waals surface area contributed by atoms with Gasteiger partial charge in [0.25, 0.3) is 5.91 Å².